The van der Waals surface area contributed by atoms with Gasteiger partial charge in [0.05, 0.1) is 13.7 Å². The molecule has 0 amide bonds. The van der Waals surface area contributed by atoms with Crippen molar-refractivity contribution in [1.82, 2.24) is 15.6 Å². The van der Waals surface area contributed by atoms with E-state index in [1.165, 1.54) is 0 Å². The number of benzene rings is 1. The summed E-state index contributed by atoms with van der Waals surface area (Å²) in [5.74, 6) is 1.60. The van der Waals surface area contributed by atoms with E-state index in [0.29, 0.717) is 18.2 Å². The van der Waals surface area contributed by atoms with Crippen LogP contribution >= 0.6 is 11.6 Å². The first kappa shape index (κ1) is 17.1. The van der Waals surface area contributed by atoms with Gasteiger partial charge in [0.25, 0.3) is 0 Å². The van der Waals surface area contributed by atoms with Crippen LogP contribution in [0.1, 0.15) is 18.1 Å². The average Bonchev–Trinajstić information content (AvgIpc) is 2.59. The number of guanidine groups is 1. The van der Waals surface area contributed by atoms with Crippen LogP contribution in [0, 0.1) is 0 Å². The van der Waals surface area contributed by atoms with Gasteiger partial charge in [-0.25, -0.2) is 9.98 Å². The van der Waals surface area contributed by atoms with Gasteiger partial charge in [0.2, 0.25) is 0 Å². The van der Waals surface area contributed by atoms with E-state index < -0.39 is 0 Å². The smallest absolute Gasteiger partial charge is 0.191 e. The quantitative estimate of drug-likeness (QED) is 0.485. The lowest BCUT2D eigenvalue weighted by molar-refractivity contribution is 0.414. The van der Waals surface area contributed by atoms with E-state index in [-0.39, 0.29) is 0 Å². The first-order chi connectivity index (χ1) is 11.2. The van der Waals surface area contributed by atoms with Gasteiger partial charge in [0, 0.05) is 19.3 Å². The molecule has 0 atom stereocenters. The highest BCUT2D eigenvalue weighted by atomic mass is 35.5. The molecule has 6 heteroatoms. The van der Waals surface area contributed by atoms with Crippen molar-refractivity contribution in [3.8, 4) is 5.75 Å². The number of nitrogens with one attached hydrogen (secondary N) is 2. The third-order valence-corrected chi connectivity index (χ3v) is 3.37. The van der Waals surface area contributed by atoms with Crippen LogP contribution < -0.4 is 15.4 Å². The zero-order valence-electron chi connectivity index (χ0n) is 13.3. The highest BCUT2D eigenvalue weighted by Crippen LogP contribution is 2.12. The topological polar surface area (TPSA) is 58.5 Å². The molecule has 2 N–H and O–H groups in total. The average molecular weight is 333 g/mol. The molecule has 0 unspecified atom stereocenters. The Morgan fingerprint density at radius 3 is 2.78 bits per heavy atom. The number of methoxy groups -OCH3 is 1. The van der Waals surface area contributed by atoms with Gasteiger partial charge in [-0.15, -0.1) is 0 Å². The maximum Gasteiger partial charge on any atom is 0.191 e. The minimum Gasteiger partial charge on any atom is -0.497 e. The monoisotopic (exact) mass is 332 g/mol. The summed E-state index contributed by atoms with van der Waals surface area (Å²) in [5, 5.41) is 7.02. The van der Waals surface area contributed by atoms with Crippen molar-refractivity contribution in [3.05, 3.63) is 58.9 Å². The Morgan fingerprint density at radius 1 is 1.22 bits per heavy atom. The van der Waals surface area contributed by atoms with E-state index in [1.807, 2.05) is 37.3 Å². The second kappa shape index (κ2) is 9.00. The van der Waals surface area contributed by atoms with Crippen molar-refractivity contribution in [2.24, 2.45) is 4.99 Å². The SMILES string of the molecule is CCNC(=NCc1ccc(Cl)nc1)NCc1cccc(OC)c1. The number of hydrogen-bond acceptors (Lipinski definition) is 3. The van der Waals surface area contributed by atoms with Crippen molar-refractivity contribution in [2.45, 2.75) is 20.0 Å². The highest BCUT2D eigenvalue weighted by Gasteiger charge is 2.00. The maximum absolute atomic E-state index is 5.78. The molecule has 0 radical (unpaired) electrons. The summed E-state index contributed by atoms with van der Waals surface area (Å²) in [6.45, 7) is 4.04. The van der Waals surface area contributed by atoms with Crippen LogP contribution in [0.15, 0.2) is 47.6 Å². The molecule has 0 saturated carbocycles. The second-order valence-electron chi connectivity index (χ2n) is 4.89. The zero-order chi connectivity index (χ0) is 16.5. The van der Waals surface area contributed by atoms with E-state index in [2.05, 4.69) is 20.6 Å². The number of halogens is 1. The normalized spacial score (nSPS) is 11.2. The Balaban J connectivity index is 1.96. The summed E-state index contributed by atoms with van der Waals surface area (Å²) in [5.41, 5.74) is 2.14. The van der Waals surface area contributed by atoms with Crippen molar-refractivity contribution < 1.29 is 4.74 Å². The third-order valence-electron chi connectivity index (χ3n) is 3.15. The number of pyridine rings is 1. The van der Waals surface area contributed by atoms with Crippen molar-refractivity contribution in [2.75, 3.05) is 13.7 Å². The van der Waals surface area contributed by atoms with Gasteiger partial charge in [-0.1, -0.05) is 29.8 Å². The second-order valence-corrected chi connectivity index (χ2v) is 5.28. The van der Waals surface area contributed by atoms with E-state index in [1.54, 1.807) is 19.4 Å². The Labute approximate surface area is 141 Å². The lowest BCUT2D eigenvalue weighted by atomic mass is 10.2. The van der Waals surface area contributed by atoms with Gasteiger partial charge >= 0.3 is 0 Å². The number of rotatable bonds is 6. The standard InChI is InChI=1S/C17H21ClN4O/c1-3-19-17(22-12-14-7-8-16(18)20-11-14)21-10-13-5-4-6-15(9-13)23-2/h4-9,11H,3,10,12H2,1-2H3,(H2,19,21,22). The van der Waals surface area contributed by atoms with E-state index in [9.17, 15) is 0 Å². The molecule has 1 heterocycles. The molecule has 122 valence electrons. The zero-order valence-corrected chi connectivity index (χ0v) is 14.1. The molecule has 1 aromatic heterocycles. The molecule has 23 heavy (non-hydrogen) atoms. The van der Waals surface area contributed by atoms with Gasteiger partial charge in [-0.05, 0) is 36.2 Å². The minimum atomic E-state index is 0.487. The van der Waals surface area contributed by atoms with Crippen molar-refractivity contribution in [1.29, 1.82) is 0 Å². The first-order valence-electron chi connectivity index (χ1n) is 7.47. The van der Waals surface area contributed by atoms with Gasteiger partial charge in [0.15, 0.2) is 5.96 Å². The number of nitrogens with zero attached hydrogens (tertiary/aromatic N) is 2. The van der Waals surface area contributed by atoms with Crippen LogP contribution in [0.4, 0.5) is 0 Å². The fourth-order valence-electron chi connectivity index (χ4n) is 1.98. The van der Waals surface area contributed by atoms with Crippen molar-refractivity contribution in [3.63, 3.8) is 0 Å². The van der Waals surface area contributed by atoms with Gasteiger partial charge in [-0.2, -0.15) is 0 Å². The first-order valence-corrected chi connectivity index (χ1v) is 7.84. The number of aromatic nitrogens is 1. The van der Waals surface area contributed by atoms with Crippen LogP contribution in [0.2, 0.25) is 5.15 Å². The molecule has 1 aromatic carbocycles. The minimum absolute atomic E-state index is 0.487. The molecular weight excluding hydrogens is 312 g/mol. The molecule has 0 aliphatic carbocycles. The number of hydrogen-bond donors (Lipinski definition) is 2. The number of ether oxygens (including phenoxy) is 1. The summed E-state index contributed by atoms with van der Waals surface area (Å²) in [4.78, 5) is 8.61. The van der Waals surface area contributed by atoms with Gasteiger partial charge < -0.3 is 15.4 Å². The van der Waals surface area contributed by atoms with Crippen LogP contribution in [0.25, 0.3) is 0 Å². The molecule has 0 aliphatic heterocycles. The summed E-state index contributed by atoms with van der Waals surface area (Å²) in [7, 11) is 1.66. The van der Waals surface area contributed by atoms with Crippen LogP contribution in [0.5, 0.6) is 5.75 Å². The number of aliphatic imine (C=N–C) groups is 1. The molecule has 0 spiro atoms. The molecule has 2 aromatic rings. The van der Waals surface area contributed by atoms with E-state index in [4.69, 9.17) is 16.3 Å². The summed E-state index contributed by atoms with van der Waals surface area (Å²) < 4.78 is 5.23. The Hall–Kier alpha value is -2.27. The molecule has 0 fully saturated rings. The summed E-state index contributed by atoms with van der Waals surface area (Å²) in [6.07, 6.45) is 1.73. The van der Waals surface area contributed by atoms with Crippen LogP contribution in [-0.2, 0) is 13.1 Å². The lowest BCUT2D eigenvalue weighted by Gasteiger charge is -2.12. The van der Waals surface area contributed by atoms with Crippen LogP contribution in [-0.4, -0.2) is 24.6 Å². The summed E-state index contributed by atoms with van der Waals surface area (Å²) >= 11 is 5.78. The molecule has 5 nitrogen and oxygen atoms in total. The van der Waals surface area contributed by atoms with Crippen LogP contribution in [0.3, 0.4) is 0 Å². The van der Waals surface area contributed by atoms with E-state index in [0.717, 1.165) is 29.4 Å². The molecular formula is C17H21ClN4O. The fourth-order valence-corrected chi connectivity index (χ4v) is 2.09. The maximum atomic E-state index is 5.78. The summed E-state index contributed by atoms with van der Waals surface area (Å²) in [6, 6.07) is 11.6. The Kier molecular flexibility index (Phi) is 6.69. The molecule has 0 aliphatic rings. The molecule has 2 rings (SSSR count). The molecule has 0 bridgehead atoms. The Morgan fingerprint density at radius 2 is 2.09 bits per heavy atom. The highest BCUT2D eigenvalue weighted by molar-refractivity contribution is 6.29. The van der Waals surface area contributed by atoms with Gasteiger partial charge in [0.1, 0.15) is 10.9 Å². The third kappa shape index (κ3) is 5.79. The fraction of sp³-hybridized carbons (Fsp3) is 0.294. The largest absolute Gasteiger partial charge is 0.497 e. The lowest BCUT2D eigenvalue weighted by Crippen LogP contribution is -2.36. The predicted octanol–water partition coefficient (Wildman–Crippen LogP) is 3.00. The van der Waals surface area contributed by atoms with Gasteiger partial charge in [-0.3, -0.25) is 0 Å². The van der Waals surface area contributed by atoms with Crippen molar-refractivity contribution >= 4 is 17.6 Å². The predicted molar refractivity (Wildman–Crippen MR) is 93.9 cm³/mol. The van der Waals surface area contributed by atoms with E-state index >= 15 is 0 Å². The molecule has 0 saturated heterocycles. The Bertz CT molecular complexity index is 643.